The van der Waals surface area contributed by atoms with Gasteiger partial charge in [-0.2, -0.15) is 0 Å². The molecule has 1 amide bonds. The Kier molecular flexibility index (Phi) is 2.67. The Hall–Kier alpha value is -2.03. The van der Waals surface area contributed by atoms with E-state index in [1.54, 1.807) is 0 Å². The molecule has 3 heteroatoms. The fourth-order valence-corrected chi connectivity index (χ4v) is 2.53. The van der Waals surface area contributed by atoms with Crippen LogP contribution in [0.3, 0.4) is 0 Å². The largest absolute Gasteiger partial charge is 0.357 e. The Labute approximate surface area is 107 Å². The van der Waals surface area contributed by atoms with Crippen molar-refractivity contribution in [3.8, 4) is 0 Å². The van der Waals surface area contributed by atoms with Gasteiger partial charge in [-0.15, -0.1) is 0 Å². The lowest BCUT2D eigenvalue weighted by Gasteiger charge is -2.16. The van der Waals surface area contributed by atoms with E-state index in [0.29, 0.717) is 6.42 Å². The number of carbonyl (C=O) groups is 1. The van der Waals surface area contributed by atoms with Gasteiger partial charge in [-0.05, 0) is 29.7 Å². The van der Waals surface area contributed by atoms with E-state index in [-0.39, 0.29) is 5.91 Å². The van der Waals surface area contributed by atoms with E-state index in [1.807, 2.05) is 53.2 Å². The summed E-state index contributed by atoms with van der Waals surface area (Å²) in [6.45, 7) is 0.811. The SMILES string of the molecule is Cn1ccc(CC(=O)N2CCc3ccccc32)c1. The van der Waals surface area contributed by atoms with E-state index in [2.05, 4.69) is 6.07 Å². The second-order valence-corrected chi connectivity index (χ2v) is 4.79. The number of aryl methyl sites for hydroxylation is 1. The van der Waals surface area contributed by atoms with Gasteiger partial charge in [0, 0.05) is 31.7 Å². The van der Waals surface area contributed by atoms with Crippen molar-refractivity contribution < 1.29 is 4.79 Å². The molecule has 18 heavy (non-hydrogen) atoms. The number of benzene rings is 1. The minimum absolute atomic E-state index is 0.186. The van der Waals surface area contributed by atoms with Gasteiger partial charge >= 0.3 is 0 Å². The number of para-hydroxylation sites is 1. The first kappa shape index (κ1) is 11.1. The summed E-state index contributed by atoms with van der Waals surface area (Å²) >= 11 is 0. The normalized spacial score (nSPS) is 13.7. The molecule has 2 heterocycles. The minimum atomic E-state index is 0.186. The van der Waals surface area contributed by atoms with Crippen molar-refractivity contribution in [1.29, 1.82) is 0 Å². The van der Waals surface area contributed by atoms with Gasteiger partial charge in [0.2, 0.25) is 5.91 Å². The van der Waals surface area contributed by atoms with E-state index in [4.69, 9.17) is 0 Å². The predicted molar refractivity (Wildman–Crippen MR) is 71.6 cm³/mol. The Bertz CT molecular complexity index is 586. The van der Waals surface area contributed by atoms with Gasteiger partial charge in [-0.1, -0.05) is 18.2 Å². The van der Waals surface area contributed by atoms with Gasteiger partial charge in [-0.3, -0.25) is 4.79 Å². The molecule has 0 saturated heterocycles. The fourth-order valence-electron chi connectivity index (χ4n) is 2.53. The predicted octanol–water partition coefficient (Wildman–Crippen LogP) is 2.16. The molecule has 2 aromatic rings. The molecule has 0 fully saturated rings. The average Bonchev–Trinajstić information content (AvgIpc) is 2.95. The summed E-state index contributed by atoms with van der Waals surface area (Å²) in [4.78, 5) is 14.2. The molecule has 0 radical (unpaired) electrons. The number of anilines is 1. The highest BCUT2D eigenvalue weighted by Crippen LogP contribution is 2.27. The van der Waals surface area contributed by atoms with E-state index in [1.165, 1.54) is 5.56 Å². The van der Waals surface area contributed by atoms with Crippen LogP contribution in [-0.4, -0.2) is 17.0 Å². The summed E-state index contributed by atoms with van der Waals surface area (Å²) in [5.74, 6) is 0.186. The van der Waals surface area contributed by atoms with Crippen molar-refractivity contribution in [3.05, 3.63) is 53.9 Å². The molecule has 0 unspecified atom stereocenters. The van der Waals surface area contributed by atoms with Crippen LogP contribution >= 0.6 is 0 Å². The number of rotatable bonds is 2. The maximum absolute atomic E-state index is 12.3. The zero-order valence-corrected chi connectivity index (χ0v) is 10.5. The first-order valence-electron chi connectivity index (χ1n) is 6.23. The molecular formula is C15H16N2O. The molecule has 0 aliphatic carbocycles. The summed E-state index contributed by atoms with van der Waals surface area (Å²) in [5, 5.41) is 0. The number of aromatic nitrogens is 1. The van der Waals surface area contributed by atoms with Crippen LogP contribution in [0.15, 0.2) is 42.7 Å². The van der Waals surface area contributed by atoms with Gasteiger partial charge in [0.1, 0.15) is 0 Å². The molecule has 0 spiro atoms. The van der Waals surface area contributed by atoms with Crippen molar-refractivity contribution in [2.75, 3.05) is 11.4 Å². The third-order valence-electron chi connectivity index (χ3n) is 3.44. The maximum atomic E-state index is 12.3. The average molecular weight is 240 g/mol. The number of hydrogen-bond acceptors (Lipinski definition) is 1. The smallest absolute Gasteiger partial charge is 0.231 e. The first-order valence-corrected chi connectivity index (χ1v) is 6.23. The summed E-state index contributed by atoms with van der Waals surface area (Å²) in [7, 11) is 1.97. The molecule has 1 aliphatic heterocycles. The highest BCUT2D eigenvalue weighted by atomic mass is 16.2. The summed E-state index contributed by atoms with van der Waals surface area (Å²) < 4.78 is 1.97. The molecule has 1 aromatic carbocycles. The Balaban J connectivity index is 1.78. The number of fused-ring (bicyclic) bond motifs is 1. The summed E-state index contributed by atoms with van der Waals surface area (Å²) in [6, 6.07) is 10.2. The van der Waals surface area contributed by atoms with Crippen LogP contribution in [0.2, 0.25) is 0 Å². The topological polar surface area (TPSA) is 25.2 Å². The second-order valence-electron chi connectivity index (χ2n) is 4.79. The third-order valence-corrected chi connectivity index (χ3v) is 3.44. The molecule has 0 saturated carbocycles. The van der Waals surface area contributed by atoms with Crippen molar-refractivity contribution in [2.45, 2.75) is 12.8 Å². The lowest BCUT2D eigenvalue weighted by atomic mass is 10.2. The molecule has 92 valence electrons. The summed E-state index contributed by atoms with van der Waals surface area (Å²) in [5.41, 5.74) is 3.43. The van der Waals surface area contributed by atoms with Crippen LogP contribution in [0.25, 0.3) is 0 Å². The van der Waals surface area contributed by atoms with Gasteiger partial charge in [-0.25, -0.2) is 0 Å². The Morgan fingerprint density at radius 3 is 2.89 bits per heavy atom. The summed E-state index contributed by atoms with van der Waals surface area (Å²) in [6.07, 6.45) is 5.42. The zero-order valence-electron chi connectivity index (χ0n) is 10.5. The number of nitrogens with zero attached hydrogens (tertiary/aromatic N) is 2. The van der Waals surface area contributed by atoms with E-state index < -0.39 is 0 Å². The molecule has 0 N–H and O–H groups in total. The Morgan fingerprint density at radius 1 is 1.28 bits per heavy atom. The van der Waals surface area contributed by atoms with Crippen molar-refractivity contribution in [1.82, 2.24) is 4.57 Å². The van der Waals surface area contributed by atoms with Crippen LogP contribution in [0.5, 0.6) is 0 Å². The van der Waals surface area contributed by atoms with Gasteiger partial charge in [0.25, 0.3) is 0 Å². The van der Waals surface area contributed by atoms with E-state index >= 15 is 0 Å². The monoisotopic (exact) mass is 240 g/mol. The second kappa shape index (κ2) is 4.33. The molecule has 1 aromatic heterocycles. The van der Waals surface area contributed by atoms with Crippen LogP contribution in [0.1, 0.15) is 11.1 Å². The van der Waals surface area contributed by atoms with Gasteiger partial charge in [0.15, 0.2) is 0 Å². The van der Waals surface area contributed by atoms with Crippen LogP contribution in [-0.2, 0) is 24.7 Å². The van der Waals surface area contributed by atoms with Crippen molar-refractivity contribution in [2.24, 2.45) is 7.05 Å². The highest BCUT2D eigenvalue weighted by molar-refractivity contribution is 5.96. The first-order chi connectivity index (χ1) is 8.74. The van der Waals surface area contributed by atoms with Crippen LogP contribution in [0.4, 0.5) is 5.69 Å². The number of carbonyl (C=O) groups excluding carboxylic acids is 1. The lowest BCUT2D eigenvalue weighted by molar-refractivity contribution is -0.117. The minimum Gasteiger partial charge on any atom is -0.357 e. The van der Waals surface area contributed by atoms with Gasteiger partial charge < -0.3 is 9.47 Å². The van der Waals surface area contributed by atoms with Crippen LogP contribution in [0, 0.1) is 0 Å². The van der Waals surface area contributed by atoms with Crippen LogP contribution < -0.4 is 4.90 Å². The zero-order chi connectivity index (χ0) is 12.5. The molecule has 1 aliphatic rings. The third kappa shape index (κ3) is 1.92. The van der Waals surface area contributed by atoms with Crippen molar-refractivity contribution >= 4 is 11.6 Å². The molecule has 3 rings (SSSR count). The Morgan fingerprint density at radius 2 is 2.11 bits per heavy atom. The van der Waals surface area contributed by atoms with Gasteiger partial charge in [0.05, 0.1) is 6.42 Å². The standard InChI is InChI=1S/C15H16N2O/c1-16-8-6-12(11-16)10-15(18)17-9-7-13-4-2-3-5-14(13)17/h2-6,8,11H,7,9-10H2,1H3. The molecule has 0 atom stereocenters. The fraction of sp³-hybridized carbons (Fsp3) is 0.267. The van der Waals surface area contributed by atoms with Crippen molar-refractivity contribution in [3.63, 3.8) is 0 Å². The lowest BCUT2D eigenvalue weighted by Crippen LogP contribution is -2.30. The molecular weight excluding hydrogens is 224 g/mol. The molecule has 3 nitrogen and oxygen atoms in total. The highest BCUT2D eigenvalue weighted by Gasteiger charge is 2.23. The number of amides is 1. The van der Waals surface area contributed by atoms with E-state index in [0.717, 1.165) is 24.2 Å². The van der Waals surface area contributed by atoms with E-state index in [9.17, 15) is 4.79 Å². The quantitative estimate of drug-likeness (QED) is 0.789. The number of hydrogen-bond donors (Lipinski definition) is 0. The maximum Gasteiger partial charge on any atom is 0.231 e. The molecule has 0 bridgehead atoms.